The lowest BCUT2D eigenvalue weighted by Gasteiger charge is -2.35. The van der Waals surface area contributed by atoms with Crippen molar-refractivity contribution in [1.82, 2.24) is 104 Å². The number of hydrogen-bond donors (Lipinski definition) is 0. The smallest absolute Gasteiger partial charge is 0.244 e. The third-order valence-electron chi connectivity index (χ3n) is 26.4. The zero-order valence-corrected chi connectivity index (χ0v) is 77.3. The second-order valence-electron chi connectivity index (χ2n) is 35.6. The van der Waals surface area contributed by atoms with Gasteiger partial charge in [-0.2, -0.15) is 15.3 Å². The number of rotatable bonds is 21. The fourth-order valence-electron chi connectivity index (χ4n) is 18.7. The Morgan fingerprint density at radius 2 is 0.610 bits per heavy atom. The number of ether oxygens (including phenoxy) is 1. The van der Waals surface area contributed by atoms with Crippen LogP contribution >= 0.6 is 0 Å². The maximum Gasteiger partial charge on any atom is 0.244 e. The Labute approximate surface area is 788 Å². The van der Waals surface area contributed by atoms with E-state index in [1.807, 2.05) is 93.5 Å². The van der Waals surface area contributed by atoms with Crippen LogP contribution < -0.4 is 24.3 Å². The second kappa shape index (κ2) is 44.8. The Bertz CT molecular complexity index is 5930. The number of halogens is 4. The number of piperazine rings is 4. The number of hydrogen-bond acceptors (Lipinski definition) is 22. The highest BCUT2D eigenvalue weighted by molar-refractivity contribution is 5.79. The summed E-state index contributed by atoms with van der Waals surface area (Å²) in [6, 6.07) is 47.9. The molecule has 34 heteroatoms. The molecule has 0 radical (unpaired) electrons. The molecular weight excluding hydrogens is 1730 g/mol. The van der Waals surface area contributed by atoms with Gasteiger partial charge in [0, 0.05) is 181 Å². The van der Waals surface area contributed by atoms with Crippen LogP contribution in [0.4, 0.5) is 41.0 Å². The highest BCUT2D eigenvalue weighted by atomic mass is 19.1. The highest BCUT2D eigenvalue weighted by Gasteiger charge is 2.34. The van der Waals surface area contributed by atoms with Crippen LogP contribution in [0.15, 0.2) is 201 Å². The summed E-state index contributed by atoms with van der Waals surface area (Å²) in [5.74, 6) is 9.43. The zero-order valence-electron chi connectivity index (χ0n) is 77.3. The Balaban J connectivity index is 0.000000126. The summed E-state index contributed by atoms with van der Waals surface area (Å²) in [4.78, 5) is 110. The van der Waals surface area contributed by atoms with Gasteiger partial charge in [0.25, 0.3) is 0 Å². The van der Waals surface area contributed by atoms with E-state index >= 15 is 0 Å². The molecule has 20 rings (SSSR count). The van der Waals surface area contributed by atoms with E-state index in [1.165, 1.54) is 112 Å². The normalized spacial score (nSPS) is 16.3. The first-order chi connectivity index (χ1) is 66.4. The number of carbonyl (C=O) groups is 4. The molecule has 0 bridgehead atoms. The predicted octanol–water partition coefficient (Wildman–Crippen LogP) is 15.1. The zero-order chi connectivity index (χ0) is 93.8. The van der Waals surface area contributed by atoms with Gasteiger partial charge in [0.05, 0.1) is 7.11 Å². The quantitative estimate of drug-likeness (QED) is 0.0604. The Hall–Kier alpha value is -14.2. The number of nitrogens with zero attached hydrogens (tertiary/aromatic N) is 25. The van der Waals surface area contributed by atoms with Crippen LogP contribution in [0.3, 0.4) is 0 Å². The standard InChI is InChI=1S/C27H27FN6O2.C26H31FN6O.C25H29FN6O.C24H28FN7O/c1-19-11-12-29-24(17-19)32-13-15-33(16-14-32)25(35)18-34-27(21-3-7-22(28)8-4-21)30-26(31-34)20-5-9-23(36-2)10-6-20;1-19-11-12-28-23(17-19)31-13-15-32(16-14-31)24(34)18-33-26(21-5-3-2-4-6-21)29-25(30-33)20-7-9-22(27)10-8-20;26-21-11-9-19(10-12-21)24-28-25(20-6-2-1-3-7-20)32(29-24)18-23(33)31-16-14-30(15-17-31)22-8-4-5-13-27-22;25-20-9-7-18(8-10-20)22-28-23(19-5-2-1-3-6-19)32(29-22)17-21(33)30-13-15-31(16-14-30)24-26-11-4-12-27-24/h3-12,17H,13-16,18H2,1-2H3;7-12,17,21H,2-6,13-16,18H2,1H3;4-5,8-13,20H,1-3,6-7,14-18H2;4,7-12,19H,1-3,5-6,13-17H2. The third kappa shape index (κ3) is 23.9. The molecule has 136 heavy (non-hydrogen) atoms. The maximum atomic E-state index is 13.5. The van der Waals surface area contributed by atoms with E-state index in [0.717, 1.165) is 133 Å². The van der Waals surface area contributed by atoms with Gasteiger partial charge < -0.3 is 43.9 Å². The molecule has 0 spiro atoms. The molecule has 706 valence electrons. The molecule has 0 unspecified atom stereocenters. The lowest BCUT2D eigenvalue weighted by atomic mass is 9.88. The minimum absolute atomic E-state index is 0.0382. The van der Waals surface area contributed by atoms with Gasteiger partial charge in [-0.1, -0.05) is 63.9 Å². The van der Waals surface area contributed by atoms with Crippen molar-refractivity contribution in [3.63, 3.8) is 0 Å². The average Bonchev–Trinajstić information content (AvgIpc) is 1.66. The largest absolute Gasteiger partial charge is 0.497 e. The van der Waals surface area contributed by atoms with Gasteiger partial charge in [-0.3, -0.25) is 19.2 Å². The molecule has 5 aromatic carbocycles. The number of aromatic nitrogens is 17. The minimum Gasteiger partial charge on any atom is -0.497 e. The maximum absolute atomic E-state index is 13.5. The number of aryl methyl sites for hydroxylation is 2. The molecule has 3 aliphatic carbocycles. The monoisotopic (exact) mass is 1850 g/mol. The second-order valence-corrected chi connectivity index (χ2v) is 35.6. The van der Waals surface area contributed by atoms with Crippen LogP contribution in [0.2, 0.25) is 0 Å². The molecule has 7 aliphatic rings. The average molecular weight is 1850 g/mol. The van der Waals surface area contributed by atoms with E-state index in [9.17, 15) is 36.7 Å². The first-order valence-electron chi connectivity index (χ1n) is 47.5. The Kier molecular flexibility index (Phi) is 30.8. The van der Waals surface area contributed by atoms with Crippen molar-refractivity contribution in [2.75, 3.05) is 131 Å². The van der Waals surface area contributed by atoms with E-state index in [1.54, 1.807) is 99.0 Å². The number of methoxy groups -OCH3 is 1. The summed E-state index contributed by atoms with van der Waals surface area (Å²) >= 11 is 0. The van der Waals surface area contributed by atoms with Gasteiger partial charge in [-0.15, -0.1) is 5.10 Å². The minimum atomic E-state index is -0.336. The van der Waals surface area contributed by atoms with Gasteiger partial charge in [0.1, 0.15) is 90.1 Å². The summed E-state index contributed by atoms with van der Waals surface area (Å²) in [6.07, 6.45) is 26.1. The van der Waals surface area contributed by atoms with Crippen molar-refractivity contribution in [3.8, 4) is 62.7 Å². The predicted molar refractivity (Wildman–Crippen MR) is 511 cm³/mol. The molecule has 8 aromatic heterocycles. The molecule has 30 nitrogen and oxygen atoms in total. The van der Waals surface area contributed by atoms with Gasteiger partial charge in [-0.05, 0) is 227 Å². The van der Waals surface area contributed by atoms with Gasteiger partial charge in [0.2, 0.25) is 29.6 Å². The molecule has 0 atom stereocenters. The van der Waals surface area contributed by atoms with Crippen LogP contribution in [0.5, 0.6) is 5.75 Å². The van der Waals surface area contributed by atoms with Crippen LogP contribution in [0.1, 0.15) is 143 Å². The molecular formula is C102H115F4N25O5. The third-order valence-corrected chi connectivity index (χ3v) is 26.4. The van der Waals surface area contributed by atoms with Crippen molar-refractivity contribution < 1.29 is 41.5 Å². The van der Waals surface area contributed by atoms with Crippen molar-refractivity contribution in [1.29, 1.82) is 0 Å². The molecule has 13 aromatic rings. The first-order valence-corrected chi connectivity index (χ1v) is 47.5. The molecule has 4 aliphatic heterocycles. The van der Waals surface area contributed by atoms with E-state index in [0.29, 0.717) is 137 Å². The SMILES string of the molecule is COc1ccc(-c2nc(-c3ccc(F)cc3)n(CC(=O)N3CCN(c4cc(C)ccn4)CC3)n2)cc1.Cc1ccnc(N2CCN(C(=O)Cn3nc(-c4ccc(F)cc4)nc3C3CCCCC3)CC2)c1.O=C(Cn1nc(-c2ccc(F)cc2)nc1C1CCCCC1)N1CCN(c2ccccn2)CC1.O=C(Cn1nc(-c2ccc(F)cc2)nc1C1CCCCC1)N1CCN(c2ncccn2)CC1. The van der Waals surface area contributed by atoms with E-state index in [-0.39, 0.29) is 73.1 Å². The molecule has 3 saturated carbocycles. The molecule has 4 saturated heterocycles. The van der Waals surface area contributed by atoms with Crippen molar-refractivity contribution in [3.05, 3.63) is 253 Å². The number of anilines is 4. The fraction of sp³-hybridized carbons (Fsp3) is 0.402. The first kappa shape index (κ1) is 93.6. The lowest BCUT2D eigenvalue weighted by Crippen LogP contribution is -2.50. The van der Waals surface area contributed by atoms with Crippen molar-refractivity contribution in [2.24, 2.45) is 0 Å². The molecule has 7 fully saturated rings. The van der Waals surface area contributed by atoms with E-state index in [4.69, 9.17) is 34.9 Å². The molecule has 4 amide bonds. The number of carbonyl (C=O) groups excluding carboxylic acids is 4. The van der Waals surface area contributed by atoms with E-state index < -0.39 is 0 Å². The summed E-state index contributed by atoms with van der Waals surface area (Å²) in [6.45, 7) is 15.6. The topological polar surface area (TPSA) is 291 Å². The van der Waals surface area contributed by atoms with Gasteiger partial charge in [0.15, 0.2) is 29.1 Å². The number of pyridine rings is 3. The Morgan fingerprint density at radius 1 is 0.309 bits per heavy atom. The van der Waals surface area contributed by atoms with Crippen molar-refractivity contribution >= 4 is 47.0 Å². The van der Waals surface area contributed by atoms with Gasteiger partial charge >= 0.3 is 0 Å². The highest BCUT2D eigenvalue weighted by Crippen LogP contribution is 2.38. The summed E-state index contributed by atoms with van der Waals surface area (Å²) in [5.41, 5.74) is 6.12. The Morgan fingerprint density at radius 3 is 0.949 bits per heavy atom. The summed E-state index contributed by atoms with van der Waals surface area (Å²) in [5, 5.41) is 18.7. The summed E-state index contributed by atoms with van der Waals surface area (Å²) in [7, 11) is 1.61. The van der Waals surface area contributed by atoms with Crippen molar-refractivity contribution in [2.45, 2.75) is 154 Å². The van der Waals surface area contributed by atoms with Crippen LogP contribution in [0.25, 0.3) is 56.9 Å². The number of amides is 4. The van der Waals surface area contributed by atoms with Crippen LogP contribution in [-0.2, 0) is 45.4 Å². The fourth-order valence-corrected chi connectivity index (χ4v) is 18.7. The summed E-state index contributed by atoms with van der Waals surface area (Å²) < 4.78 is 65.9. The van der Waals surface area contributed by atoms with E-state index in [2.05, 4.69) is 73.8 Å². The van der Waals surface area contributed by atoms with Gasteiger partial charge in [-0.25, -0.2) is 81.1 Å². The lowest BCUT2D eigenvalue weighted by molar-refractivity contribution is -0.133. The molecule has 0 N–H and O–H groups in total. The number of benzene rings is 5. The van der Waals surface area contributed by atoms with Crippen LogP contribution in [0, 0.1) is 37.1 Å². The molecule has 12 heterocycles. The van der Waals surface area contributed by atoms with Crippen LogP contribution in [-0.4, -0.2) is 239 Å².